The third kappa shape index (κ3) is 5.05. The van der Waals surface area contributed by atoms with Gasteiger partial charge >= 0.3 is 0 Å². The summed E-state index contributed by atoms with van der Waals surface area (Å²) in [5.41, 5.74) is 2.08. The number of rotatable bonds is 8. The molecule has 1 aliphatic heterocycles. The van der Waals surface area contributed by atoms with E-state index in [1.165, 1.54) is 30.8 Å². The lowest BCUT2D eigenvalue weighted by molar-refractivity contribution is -0.918. The van der Waals surface area contributed by atoms with Gasteiger partial charge in [-0.2, -0.15) is 0 Å². The Labute approximate surface area is 176 Å². The minimum Gasteiger partial charge on any atom is -0.483 e. The molecule has 0 spiro atoms. The average molecular weight is 408 g/mol. The molecule has 4 nitrogen and oxygen atoms in total. The summed E-state index contributed by atoms with van der Waals surface area (Å²) < 4.78 is 5.89. The van der Waals surface area contributed by atoms with Crippen LogP contribution in [0.1, 0.15) is 23.8 Å². The second-order valence-corrected chi connectivity index (χ2v) is 8.37. The number of likely N-dealkylation sites (tertiary alicyclic amines) is 1. The van der Waals surface area contributed by atoms with Crippen LogP contribution in [0.3, 0.4) is 0 Å². The molecular formula is C24H27N2O2S+. The van der Waals surface area contributed by atoms with Gasteiger partial charge in [0.1, 0.15) is 11.8 Å². The van der Waals surface area contributed by atoms with E-state index in [9.17, 15) is 4.79 Å². The van der Waals surface area contributed by atoms with Gasteiger partial charge in [0.25, 0.3) is 5.91 Å². The maximum atomic E-state index is 12.5. The van der Waals surface area contributed by atoms with E-state index in [1.807, 2.05) is 54.6 Å². The molecule has 29 heavy (non-hydrogen) atoms. The first kappa shape index (κ1) is 19.7. The van der Waals surface area contributed by atoms with Crippen LogP contribution in [-0.4, -0.2) is 32.1 Å². The zero-order valence-electron chi connectivity index (χ0n) is 16.5. The normalized spacial score (nSPS) is 15.2. The summed E-state index contributed by atoms with van der Waals surface area (Å²) in [6.07, 6.45) is 2.54. The average Bonchev–Trinajstić information content (AvgIpc) is 3.48. The molecule has 1 saturated heterocycles. The Hall–Kier alpha value is -2.63. The Bertz CT molecular complexity index is 906. The summed E-state index contributed by atoms with van der Waals surface area (Å²) in [4.78, 5) is 15.4. The number of hydrogen-bond acceptors (Lipinski definition) is 3. The van der Waals surface area contributed by atoms with Crippen molar-refractivity contribution in [3.63, 3.8) is 0 Å². The number of carbonyl (C=O) groups is 1. The molecule has 2 heterocycles. The van der Waals surface area contributed by atoms with Gasteiger partial charge < -0.3 is 15.0 Å². The summed E-state index contributed by atoms with van der Waals surface area (Å²) in [6.45, 7) is 3.04. The molecule has 4 rings (SSSR count). The van der Waals surface area contributed by atoms with E-state index in [1.54, 1.807) is 16.2 Å². The highest BCUT2D eigenvalue weighted by atomic mass is 32.1. The molecule has 1 fully saturated rings. The molecule has 3 aromatic rings. The molecule has 2 N–H and O–H groups in total. The highest BCUT2D eigenvalue weighted by Gasteiger charge is 2.28. The van der Waals surface area contributed by atoms with Gasteiger partial charge in [-0.15, -0.1) is 11.3 Å². The Morgan fingerprint density at radius 2 is 1.76 bits per heavy atom. The number of para-hydroxylation sites is 1. The molecule has 0 aliphatic carbocycles. The SMILES string of the molecule is O=C(COc1ccccc1-c1ccccc1)NC[C@H](c1cccs1)[NH+]1CCCC1. The van der Waals surface area contributed by atoms with Crippen LogP contribution in [0, 0.1) is 0 Å². The second kappa shape index (κ2) is 9.72. The summed E-state index contributed by atoms with van der Waals surface area (Å²) >= 11 is 1.78. The molecule has 0 bridgehead atoms. The summed E-state index contributed by atoms with van der Waals surface area (Å²) in [5.74, 6) is 0.654. The molecule has 1 amide bonds. The first-order valence-electron chi connectivity index (χ1n) is 10.2. The third-order valence-corrected chi connectivity index (χ3v) is 6.45. The molecule has 2 aromatic carbocycles. The summed E-state index contributed by atoms with van der Waals surface area (Å²) in [5, 5.41) is 5.21. The van der Waals surface area contributed by atoms with Gasteiger partial charge in [-0.1, -0.05) is 54.6 Å². The minimum atomic E-state index is -0.0759. The predicted molar refractivity (Wildman–Crippen MR) is 117 cm³/mol. The van der Waals surface area contributed by atoms with E-state index in [-0.39, 0.29) is 12.5 Å². The van der Waals surface area contributed by atoms with Crippen molar-refractivity contribution in [2.45, 2.75) is 18.9 Å². The first-order chi connectivity index (χ1) is 14.3. The Morgan fingerprint density at radius 1 is 1.00 bits per heavy atom. The molecule has 0 unspecified atom stereocenters. The maximum Gasteiger partial charge on any atom is 0.258 e. The van der Waals surface area contributed by atoms with E-state index < -0.39 is 0 Å². The van der Waals surface area contributed by atoms with Gasteiger partial charge in [-0.05, 0) is 23.1 Å². The van der Waals surface area contributed by atoms with Gasteiger partial charge in [0.05, 0.1) is 24.5 Å². The summed E-state index contributed by atoms with van der Waals surface area (Å²) in [7, 11) is 0. The van der Waals surface area contributed by atoms with Gasteiger partial charge in [0.2, 0.25) is 0 Å². The predicted octanol–water partition coefficient (Wildman–Crippen LogP) is 3.33. The summed E-state index contributed by atoms with van der Waals surface area (Å²) in [6, 6.07) is 22.6. The number of quaternary nitrogens is 1. The molecule has 150 valence electrons. The number of ether oxygens (including phenoxy) is 1. The van der Waals surface area contributed by atoms with Gasteiger partial charge in [0, 0.05) is 18.4 Å². The number of benzene rings is 2. The van der Waals surface area contributed by atoms with Gasteiger partial charge in [0.15, 0.2) is 6.61 Å². The lowest BCUT2D eigenvalue weighted by Crippen LogP contribution is -3.11. The van der Waals surface area contributed by atoms with E-state index >= 15 is 0 Å². The molecule has 5 heteroatoms. The second-order valence-electron chi connectivity index (χ2n) is 7.39. The first-order valence-corrected chi connectivity index (χ1v) is 11.1. The van der Waals surface area contributed by atoms with Crippen molar-refractivity contribution in [2.75, 3.05) is 26.2 Å². The number of amides is 1. The van der Waals surface area contributed by atoms with Crippen LogP contribution in [-0.2, 0) is 4.79 Å². The number of nitrogens with one attached hydrogen (secondary N) is 2. The molecule has 0 saturated carbocycles. The van der Waals surface area contributed by atoms with Crippen molar-refractivity contribution in [3.05, 3.63) is 77.0 Å². The zero-order valence-corrected chi connectivity index (χ0v) is 17.3. The van der Waals surface area contributed by atoms with Crippen LogP contribution in [0.4, 0.5) is 0 Å². The van der Waals surface area contributed by atoms with Crippen molar-refractivity contribution in [2.24, 2.45) is 0 Å². The highest BCUT2D eigenvalue weighted by molar-refractivity contribution is 7.10. The smallest absolute Gasteiger partial charge is 0.258 e. The number of hydrogen-bond donors (Lipinski definition) is 2. The fourth-order valence-electron chi connectivity index (χ4n) is 3.97. The van der Waals surface area contributed by atoms with E-state index in [4.69, 9.17) is 4.74 Å². The van der Waals surface area contributed by atoms with Gasteiger partial charge in [-0.3, -0.25) is 4.79 Å². The van der Waals surface area contributed by atoms with Crippen molar-refractivity contribution >= 4 is 17.2 Å². The van der Waals surface area contributed by atoms with Crippen molar-refractivity contribution in [1.29, 1.82) is 0 Å². The Morgan fingerprint density at radius 3 is 2.52 bits per heavy atom. The van der Waals surface area contributed by atoms with Crippen molar-refractivity contribution in [3.8, 4) is 16.9 Å². The quantitative estimate of drug-likeness (QED) is 0.602. The minimum absolute atomic E-state index is 0.0241. The fourth-order valence-corrected chi connectivity index (χ4v) is 4.86. The maximum absolute atomic E-state index is 12.5. The van der Waals surface area contributed by atoms with Crippen molar-refractivity contribution < 1.29 is 14.4 Å². The van der Waals surface area contributed by atoms with Crippen molar-refractivity contribution in [1.82, 2.24) is 5.32 Å². The molecular weight excluding hydrogens is 380 g/mol. The van der Waals surface area contributed by atoms with Crippen LogP contribution in [0.25, 0.3) is 11.1 Å². The standard InChI is InChI=1S/C24H26N2O2S/c27-24(25-17-21(23-13-8-16-29-23)26-14-6-7-15-26)18-28-22-12-5-4-11-20(22)19-9-2-1-3-10-19/h1-5,8-13,16,21H,6-7,14-15,17-18H2,(H,25,27)/p+1/t21-/m1/s1. The van der Waals surface area contributed by atoms with Crippen LogP contribution in [0.2, 0.25) is 0 Å². The van der Waals surface area contributed by atoms with Crippen LogP contribution in [0.15, 0.2) is 72.1 Å². The van der Waals surface area contributed by atoms with E-state index in [0.29, 0.717) is 12.6 Å². The van der Waals surface area contributed by atoms with Gasteiger partial charge in [-0.25, -0.2) is 0 Å². The van der Waals surface area contributed by atoms with Crippen LogP contribution >= 0.6 is 11.3 Å². The topological polar surface area (TPSA) is 42.8 Å². The number of thiophene rings is 1. The molecule has 1 atom stereocenters. The van der Waals surface area contributed by atoms with E-state index in [0.717, 1.165) is 16.9 Å². The lowest BCUT2D eigenvalue weighted by Gasteiger charge is -2.24. The Kier molecular flexibility index (Phi) is 6.60. The van der Waals surface area contributed by atoms with Crippen LogP contribution < -0.4 is 15.0 Å². The number of carbonyl (C=O) groups excluding carboxylic acids is 1. The fraction of sp³-hybridized carbons (Fsp3) is 0.292. The van der Waals surface area contributed by atoms with Crippen LogP contribution in [0.5, 0.6) is 5.75 Å². The molecule has 1 aromatic heterocycles. The highest BCUT2D eigenvalue weighted by Crippen LogP contribution is 2.29. The zero-order chi connectivity index (χ0) is 19.9. The lowest BCUT2D eigenvalue weighted by atomic mass is 10.1. The largest absolute Gasteiger partial charge is 0.483 e. The Balaban J connectivity index is 1.36. The monoisotopic (exact) mass is 407 g/mol. The molecule has 1 aliphatic rings. The van der Waals surface area contributed by atoms with E-state index in [2.05, 4.69) is 22.8 Å². The third-order valence-electron chi connectivity index (χ3n) is 5.46. The molecule has 0 radical (unpaired) electrons.